The molecule has 1 aromatic carbocycles. The van der Waals surface area contributed by atoms with E-state index in [0.717, 1.165) is 0 Å². The third-order valence-electron chi connectivity index (χ3n) is 2.33. The second-order valence-electron chi connectivity index (χ2n) is 3.74. The summed E-state index contributed by atoms with van der Waals surface area (Å²) in [4.78, 5) is 2.02. The summed E-state index contributed by atoms with van der Waals surface area (Å²) in [6.45, 7) is 1.04. The molecule has 16 heavy (non-hydrogen) atoms. The van der Waals surface area contributed by atoms with Crippen molar-refractivity contribution >= 4 is 23.2 Å². The van der Waals surface area contributed by atoms with Gasteiger partial charge in [-0.1, -0.05) is 23.2 Å². The number of halogens is 2. The Bertz CT molecular complexity index is 345. The van der Waals surface area contributed by atoms with Gasteiger partial charge in [-0.3, -0.25) is 0 Å². The zero-order chi connectivity index (χ0) is 12.1. The van der Waals surface area contributed by atoms with Gasteiger partial charge in [0.05, 0.1) is 11.1 Å². The van der Waals surface area contributed by atoms with Crippen LogP contribution in [0.3, 0.4) is 0 Å². The lowest BCUT2D eigenvalue weighted by Crippen LogP contribution is -2.39. The molecule has 2 N–H and O–H groups in total. The summed E-state index contributed by atoms with van der Waals surface area (Å²) in [6, 6.07) is 5.33. The van der Waals surface area contributed by atoms with Crippen LogP contribution in [0.5, 0.6) is 5.75 Å². The molecule has 1 atom stereocenters. The van der Waals surface area contributed by atoms with E-state index in [1.165, 1.54) is 0 Å². The lowest BCUT2D eigenvalue weighted by molar-refractivity contribution is 0.190. The molecule has 0 aromatic heterocycles. The van der Waals surface area contributed by atoms with E-state index in [1.807, 2.05) is 19.0 Å². The fourth-order valence-corrected chi connectivity index (χ4v) is 1.67. The van der Waals surface area contributed by atoms with E-state index in [-0.39, 0.29) is 6.04 Å². The number of benzene rings is 1. The van der Waals surface area contributed by atoms with E-state index in [4.69, 9.17) is 33.7 Å². The smallest absolute Gasteiger partial charge is 0.138 e. The number of hydrogen-bond acceptors (Lipinski definition) is 3. The maximum atomic E-state index is 5.98. The number of ether oxygens (including phenoxy) is 1. The SMILES string of the molecule is CN(C)C(CN)COc1ccc(Cl)cc1Cl. The Hall–Kier alpha value is -0.480. The molecule has 5 heteroatoms. The molecule has 1 rings (SSSR count). The Balaban J connectivity index is 2.60. The highest BCUT2D eigenvalue weighted by molar-refractivity contribution is 6.35. The molecule has 0 spiro atoms. The monoisotopic (exact) mass is 262 g/mol. The van der Waals surface area contributed by atoms with Crippen LogP contribution < -0.4 is 10.5 Å². The summed E-state index contributed by atoms with van der Waals surface area (Å²) in [6.07, 6.45) is 0. The zero-order valence-electron chi connectivity index (χ0n) is 9.41. The van der Waals surface area contributed by atoms with Crippen molar-refractivity contribution in [1.82, 2.24) is 4.90 Å². The first-order valence-electron chi connectivity index (χ1n) is 4.99. The van der Waals surface area contributed by atoms with Gasteiger partial charge in [-0.2, -0.15) is 0 Å². The van der Waals surface area contributed by atoms with Crippen molar-refractivity contribution < 1.29 is 4.74 Å². The number of nitrogens with two attached hydrogens (primary N) is 1. The van der Waals surface area contributed by atoms with Crippen LogP contribution in [0, 0.1) is 0 Å². The second kappa shape index (κ2) is 6.30. The highest BCUT2D eigenvalue weighted by Crippen LogP contribution is 2.27. The van der Waals surface area contributed by atoms with Crippen molar-refractivity contribution in [2.45, 2.75) is 6.04 Å². The van der Waals surface area contributed by atoms with Crippen LogP contribution in [0.1, 0.15) is 0 Å². The number of rotatable bonds is 5. The third-order valence-corrected chi connectivity index (χ3v) is 2.86. The Morgan fingerprint density at radius 1 is 1.38 bits per heavy atom. The summed E-state index contributed by atoms with van der Waals surface area (Å²) in [5.74, 6) is 0.631. The maximum Gasteiger partial charge on any atom is 0.138 e. The van der Waals surface area contributed by atoms with Crippen molar-refractivity contribution in [3.8, 4) is 5.75 Å². The number of hydrogen-bond donors (Lipinski definition) is 1. The minimum Gasteiger partial charge on any atom is -0.490 e. The fourth-order valence-electron chi connectivity index (χ4n) is 1.21. The number of likely N-dealkylation sites (N-methyl/N-ethyl adjacent to an activating group) is 1. The average Bonchev–Trinajstić information content (AvgIpc) is 2.21. The predicted octanol–water partition coefficient (Wildman–Crippen LogP) is 2.26. The Morgan fingerprint density at radius 3 is 2.56 bits per heavy atom. The molecule has 0 bridgehead atoms. The lowest BCUT2D eigenvalue weighted by atomic mass is 10.3. The summed E-state index contributed by atoms with van der Waals surface area (Å²) >= 11 is 11.8. The van der Waals surface area contributed by atoms with E-state index in [1.54, 1.807) is 18.2 Å². The molecule has 0 amide bonds. The molecule has 0 saturated heterocycles. The Kier molecular flexibility index (Phi) is 5.35. The first kappa shape index (κ1) is 13.6. The largest absolute Gasteiger partial charge is 0.490 e. The molecular weight excluding hydrogens is 247 g/mol. The van der Waals surface area contributed by atoms with Crippen molar-refractivity contribution in [1.29, 1.82) is 0 Å². The molecule has 0 heterocycles. The topological polar surface area (TPSA) is 38.5 Å². The zero-order valence-corrected chi connectivity index (χ0v) is 10.9. The van der Waals surface area contributed by atoms with E-state index in [9.17, 15) is 0 Å². The maximum absolute atomic E-state index is 5.98. The van der Waals surface area contributed by atoms with Gasteiger partial charge in [0.25, 0.3) is 0 Å². The van der Waals surface area contributed by atoms with Crippen LogP contribution in [-0.4, -0.2) is 38.2 Å². The van der Waals surface area contributed by atoms with Gasteiger partial charge in [0.15, 0.2) is 0 Å². The molecular formula is C11H16Cl2N2O. The van der Waals surface area contributed by atoms with Crippen molar-refractivity contribution in [3.63, 3.8) is 0 Å². The van der Waals surface area contributed by atoms with Gasteiger partial charge in [-0.15, -0.1) is 0 Å². The summed E-state index contributed by atoms with van der Waals surface area (Å²) in [5.41, 5.74) is 5.62. The van der Waals surface area contributed by atoms with Gasteiger partial charge in [-0.25, -0.2) is 0 Å². The Morgan fingerprint density at radius 2 is 2.06 bits per heavy atom. The molecule has 0 fully saturated rings. The molecule has 0 aliphatic carbocycles. The van der Waals surface area contributed by atoms with Gasteiger partial charge >= 0.3 is 0 Å². The highest BCUT2D eigenvalue weighted by atomic mass is 35.5. The predicted molar refractivity (Wildman–Crippen MR) is 68.5 cm³/mol. The normalized spacial score (nSPS) is 12.9. The van der Waals surface area contributed by atoms with Crippen molar-refractivity contribution in [3.05, 3.63) is 28.2 Å². The molecule has 90 valence electrons. The molecule has 0 aliphatic heterocycles. The van der Waals surface area contributed by atoms with Crippen LogP contribution >= 0.6 is 23.2 Å². The van der Waals surface area contributed by atoms with Crippen LogP contribution in [0.2, 0.25) is 10.0 Å². The first-order chi connectivity index (χ1) is 7.54. The van der Waals surface area contributed by atoms with Crippen molar-refractivity contribution in [2.24, 2.45) is 5.73 Å². The Labute approximate surface area is 106 Å². The average molecular weight is 263 g/mol. The standard InChI is InChI=1S/C11H16Cl2N2O/c1-15(2)9(6-14)7-16-11-4-3-8(12)5-10(11)13/h3-5,9H,6-7,14H2,1-2H3. The van der Waals surface area contributed by atoms with Gasteiger partial charge in [0, 0.05) is 11.6 Å². The van der Waals surface area contributed by atoms with Gasteiger partial charge in [-0.05, 0) is 32.3 Å². The summed E-state index contributed by atoms with van der Waals surface area (Å²) < 4.78 is 5.59. The molecule has 3 nitrogen and oxygen atoms in total. The van der Waals surface area contributed by atoms with E-state index in [0.29, 0.717) is 28.9 Å². The molecule has 0 aliphatic rings. The van der Waals surface area contributed by atoms with Crippen molar-refractivity contribution in [2.75, 3.05) is 27.2 Å². The highest BCUT2D eigenvalue weighted by Gasteiger charge is 2.11. The summed E-state index contributed by atoms with van der Waals surface area (Å²) in [5, 5.41) is 1.11. The molecule has 1 unspecified atom stereocenters. The molecule has 1 aromatic rings. The lowest BCUT2D eigenvalue weighted by Gasteiger charge is -2.22. The summed E-state index contributed by atoms with van der Waals surface area (Å²) in [7, 11) is 3.93. The quantitative estimate of drug-likeness (QED) is 0.885. The third kappa shape index (κ3) is 3.83. The van der Waals surface area contributed by atoms with Gasteiger partial charge in [0.2, 0.25) is 0 Å². The van der Waals surface area contributed by atoms with Crippen LogP contribution in [0.4, 0.5) is 0 Å². The number of nitrogens with zero attached hydrogens (tertiary/aromatic N) is 1. The minimum absolute atomic E-state index is 0.173. The van der Waals surface area contributed by atoms with Crippen LogP contribution in [-0.2, 0) is 0 Å². The van der Waals surface area contributed by atoms with E-state index >= 15 is 0 Å². The van der Waals surface area contributed by atoms with E-state index < -0.39 is 0 Å². The van der Waals surface area contributed by atoms with Gasteiger partial charge < -0.3 is 15.4 Å². The van der Waals surface area contributed by atoms with Gasteiger partial charge in [0.1, 0.15) is 12.4 Å². The van der Waals surface area contributed by atoms with Crippen LogP contribution in [0.25, 0.3) is 0 Å². The molecule has 0 saturated carbocycles. The first-order valence-corrected chi connectivity index (χ1v) is 5.74. The second-order valence-corrected chi connectivity index (χ2v) is 4.58. The minimum atomic E-state index is 0.173. The fraction of sp³-hybridized carbons (Fsp3) is 0.455. The van der Waals surface area contributed by atoms with E-state index in [2.05, 4.69) is 0 Å². The molecule has 0 radical (unpaired) electrons. The van der Waals surface area contributed by atoms with Crippen LogP contribution in [0.15, 0.2) is 18.2 Å².